The zero-order chi connectivity index (χ0) is 28.2. The Hall–Kier alpha value is -4.14. The maximum Gasteiger partial charge on any atom is 0.264 e. The molecule has 7 nitrogen and oxygen atoms in total. The first-order chi connectivity index (χ1) is 20.0. The van der Waals surface area contributed by atoms with Gasteiger partial charge in [-0.15, -0.1) is 11.3 Å². The first-order valence-corrected chi connectivity index (χ1v) is 14.9. The number of carbonyl (C=O) groups is 2. The first-order valence-electron chi connectivity index (χ1n) is 13.7. The van der Waals surface area contributed by atoms with Crippen LogP contribution < -0.4 is 9.80 Å². The monoisotopic (exact) mass is 583 g/mol. The van der Waals surface area contributed by atoms with Crippen LogP contribution in [0.1, 0.15) is 44.4 Å². The molecule has 1 saturated heterocycles. The number of H-pyrrole nitrogens is 1. The van der Waals surface area contributed by atoms with Crippen molar-refractivity contribution in [2.75, 3.05) is 36.0 Å². The fourth-order valence-electron chi connectivity index (χ4n) is 5.19. The Morgan fingerprint density at radius 3 is 2.44 bits per heavy atom. The van der Waals surface area contributed by atoms with Gasteiger partial charge in [-0.1, -0.05) is 48.0 Å². The van der Waals surface area contributed by atoms with Gasteiger partial charge in [-0.25, -0.2) is 4.98 Å². The van der Waals surface area contributed by atoms with Crippen LogP contribution in [-0.2, 0) is 6.54 Å². The van der Waals surface area contributed by atoms with Gasteiger partial charge in [-0.2, -0.15) is 0 Å². The number of nitrogens with zero attached hydrogens (tertiary/aromatic N) is 4. The Labute approximate surface area is 248 Å². The smallest absolute Gasteiger partial charge is 0.264 e. The van der Waals surface area contributed by atoms with Crippen molar-refractivity contribution in [1.29, 1.82) is 0 Å². The van der Waals surface area contributed by atoms with Crippen LogP contribution in [0.2, 0.25) is 4.34 Å². The number of nitrogens with one attached hydrogen (secondary N) is 1. The SMILES string of the molecule is O=C(c1ccc(Cl)s1)N1CCN(c2ccc(N(Cc3cnc(C4=CC=CCC4)[nH]3)C(=O)c3ccccc3)cc2)CC1. The van der Waals surface area contributed by atoms with E-state index in [4.69, 9.17) is 11.6 Å². The molecule has 9 heteroatoms. The van der Waals surface area contributed by atoms with E-state index < -0.39 is 0 Å². The van der Waals surface area contributed by atoms with Crippen LogP contribution >= 0.6 is 22.9 Å². The normalized spacial score (nSPS) is 15.1. The fraction of sp³-hybridized carbons (Fsp3) is 0.219. The predicted molar refractivity (Wildman–Crippen MR) is 166 cm³/mol. The van der Waals surface area contributed by atoms with Gasteiger partial charge >= 0.3 is 0 Å². The third-order valence-electron chi connectivity index (χ3n) is 7.42. The number of halogens is 1. The van der Waals surface area contributed by atoms with Crippen LogP contribution in [-0.4, -0.2) is 52.9 Å². The van der Waals surface area contributed by atoms with Crippen molar-refractivity contribution in [1.82, 2.24) is 14.9 Å². The summed E-state index contributed by atoms with van der Waals surface area (Å²) in [5, 5.41) is 0. The van der Waals surface area contributed by atoms with E-state index in [1.165, 1.54) is 16.9 Å². The van der Waals surface area contributed by atoms with Crippen molar-refractivity contribution in [3.63, 3.8) is 0 Å². The first kappa shape index (κ1) is 27.1. The van der Waals surface area contributed by atoms with E-state index >= 15 is 0 Å². The number of amides is 2. The zero-order valence-electron chi connectivity index (χ0n) is 22.5. The Morgan fingerprint density at radius 1 is 0.976 bits per heavy atom. The number of rotatable bonds is 7. The van der Waals surface area contributed by atoms with E-state index in [-0.39, 0.29) is 11.8 Å². The molecule has 0 unspecified atom stereocenters. The number of aromatic nitrogens is 2. The molecule has 2 amide bonds. The van der Waals surface area contributed by atoms with Crippen LogP contribution in [0.4, 0.5) is 11.4 Å². The highest BCUT2D eigenvalue weighted by Gasteiger charge is 2.24. The third-order valence-corrected chi connectivity index (χ3v) is 8.64. The number of imidazole rings is 1. The molecule has 208 valence electrons. The molecule has 0 atom stereocenters. The molecule has 6 rings (SSSR count). The van der Waals surface area contributed by atoms with Gasteiger partial charge < -0.3 is 19.7 Å². The molecule has 0 bridgehead atoms. The molecule has 2 aromatic carbocycles. The molecule has 1 aliphatic heterocycles. The van der Waals surface area contributed by atoms with Gasteiger partial charge in [0.05, 0.1) is 27.6 Å². The van der Waals surface area contributed by atoms with Crippen molar-refractivity contribution in [2.45, 2.75) is 19.4 Å². The lowest BCUT2D eigenvalue weighted by Gasteiger charge is -2.36. The fourth-order valence-corrected chi connectivity index (χ4v) is 6.20. The number of allylic oxidation sites excluding steroid dienone is 4. The zero-order valence-corrected chi connectivity index (χ0v) is 24.1. The van der Waals surface area contributed by atoms with Gasteiger partial charge in [0, 0.05) is 43.1 Å². The van der Waals surface area contributed by atoms with Crippen LogP contribution in [0.5, 0.6) is 0 Å². The quantitative estimate of drug-likeness (QED) is 0.264. The third kappa shape index (κ3) is 6.14. The van der Waals surface area contributed by atoms with Crippen LogP contribution in [0.3, 0.4) is 0 Å². The average molecular weight is 584 g/mol. The number of aromatic amines is 1. The van der Waals surface area contributed by atoms with Gasteiger partial charge in [0.1, 0.15) is 5.82 Å². The second-order valence-corrected chi connectivity index (χ2v) is 11.8. The Balaban J connectivity index is 1.17. The molecule has 2 aliphatic rings. The minimum absolute atomic E-state index is 0.0326. The lowest BCUT2D eigenvalue weighted by Crippen LogP contribution is -2.48. The van der Waals surface area contributed by atoms with Gasteiger partial charge in [-0.05, 0) is 66.9 Å². The lowest BCUT2D eigenvalue weighted by atomic mass is 10.1. The minimum atomic E-state index is -0.0740. The molecule has 1 N–H and O–H groups in total. The standard InChI is InChI=1S/C32H30ClN5O2S/c33-29-16-15-28(41-29)32(40)37-19-17-36(18-20-37)26-11-13-27(14-12-26)38(31(39)24-9-5-2-6-10-24)22-25-21-34-30(35-25)23-7-3-1-4-8-23/h1-3,5-7,9-16,21H,4,8,17-20,22H2,(H,34,35). The predicted octanol–water partition coefficient (Wildman–Crippen LogP) is 6.67. The van der Waals surface area contributed by atoms with Crippen molar-refractivity contribution in [2.24, 2.45) is 0 Å². The summed E-state index contributed by atoms with van der Waals surface area (Å²) in [5.74, 6) is 0.812. The van der Waals surface area contributed by atoms with Crippen LogP contribution in [0.25, 0.3) is 5.57 Å². The number of hydrogen-bond acceptors (Lipinski definition) is 5. The highest BCUT2D eigenvalue weighted by molar-refractivity contribution is 7.17. The topological polar surface area (TPSA) is 72.5 Å². The van der Waals surface area contributed by atoms with Gasteiger partial charge in [0.25, 0.3) is 11.8 Å². The largest absolute Gasteiger partial charge is 0.368 e. The van der Waals surface area contributed by atoms with Crippen LogP contribution in [0.15, 0.2) is 91.2 Å². The second-order valence-electron chi connectivity index (χ2n) is 10.1. The minimum Gasteiger partial charge on any atom is -0.368 e. The van der Waals surface area contributed by atoms with Crippen LogP contribution in [0, 0.1) is 0 Å². The molecule has 41 heavy (non-hydrogen) atoms. The Morgan fingerprint density at radius 2 is 1.76 bits per heavy atom. The van der Waals surface area contributed by atoms with Crippen molar-refractivity contribution in [3.8, 4) is 0 Å². The summed E-state index contributed by atoms with van der Waals surface area (Å²) in [4.78, 5) is 41.1. The molecular weight excluding hydrogens is 554 g/mol. The van der Waals surface area contributed by atoms with Crippen molar-refractivity contribution in [3.05, 3.63) is 117 Å². The molecular formula is C32H30ClN5O2S. The number of hydrogen-bond donors (Lipinski definition) is 1. The number of benzene rings is 2. The van der Waals surface area contributed by atoms with E-state index in [9.17, 15) is 9.59 Å². The highest BCUT2D eigenvalue weighted by Crippen LogP contribution is 2.27. The number of thiophene rings is 1. The van der Waals surface area contributed by atoms with Crippen molar-refractivity contribution >= 4 is 51.7 Å². The molecule has 0 radical (unpaired) electrons. The summed E-state index contributed by atoms with van der Waals surface area (Å²) in [6.45, 7) is 3.13. The lowest BCUT2D eigenvalue weighted by molar-refractivity contribution is 0.0751. The van der Waals surface area contributed by atoms with Crippen molar-refractivity contribution < 1.29 is 9.59 Å². The number of piperazine rings is 1. The summed E-state index contributed by atoms with van der Waals surface area (Å²) in [7, 11) is 0. The van der Waals surface area contributed by atoms with E-state index in [1.807, 2.05) is 53.6 Å². The Kier molecular flexibility index (Phi) is 8.02. The van der Waals surface area contributed by atoms with E-state index in [0.717, 1.165) is 48.8 Å². The van der Waals surface area contributed by atoms with E-state index in [0.29, 0.717) is 34.4 Å². The van der Waals surface area contributed by atoms with Gasteiger partial charge in [-0.3, -0.25) is 9.59 Å². The molecule has 1 fully saturated rings. The summed E-state index contributed by atoms with van der Waals surface area (Å²) in [5.41, 5.74) is 4.54. The Bertz CT molecular complexity index is 1580. The maximum atomic E-state index is 13.7. The summed E-state index contributed by atoms with van der Waals surface area (Å²) >= 11 is 7.34. The number of carbonyl (C=O) groups excluding carboxylic acids is 2. The molecule has 0 spiro atoms. The molecule has 2 aromatic heterocycles. The van der Waals surface area contributed by atoms with Gasteiger partial charge in [0.15, 0.2) is 0 Å². The summed E-state index contributed by atoms with van der Waals surface area (Å²) in [6, 6.07) is 21.0. The molecule has 1 aliphatic carbocycles. The van der Waals surface area contributed by atoms with E-state index in [1.54, 1.807) is 17.0 Å². The summed E-state index contributed by atoms with van der Waals surface area (Å²) in [6.07, 6.45) is 10.1. The second kappa shape index (κ2) is 12.2. The van der Waals surface area contributed by atoms with E-state index in [2.05, 4.69) is 45.2 Å². The highest BCUT2D eigenvalue weighted by atomic mass is 35.5. The molecule has 4 aromatic rings. The molecule has 3 heterocycles. The number of anilines is 2. The van der Waals surface area contributed by atoms with Gasteiger partial charge in [0.2, 0.25) is 0 Å². The molecule has 0 saturated carbocycles. The maximum absolute atomic E-state index is 13.7. The summed E-state index contributed by atoms with van der Waals surface area (Å²) < 4.78 is 0.624. The average Bonchev–Trinajstić information content (AvgIpc) is 3.69.